The summed E-state index contributed by atoms with van der Waals surface area (Å²) in [6.07, 6.45) is 4.05. The first-order valence-electron chi connectivity index (χ1n) is 19.1. The van der Waals surface area contributed by atoms with Crippen molar-refractivity contribution in [2.75, 3.05) is 39.2 Å². The molecule has 17 heteroatoms. The van der Waals surface area contributed by atoms with Crippen LogP contribution in [-0.4, -0.2) is 108 Å². The van der Waals surface area contributed by atoms with Gasteiger partial charge in [0.2, 0.25) is 17.7 Å². The number of likely N-dealkylation sites (N-methyl/N-ethyl adjacent to an activating group) is 1. The van der Waals surface area contributed by atoms with E-state index >= 15 is 0 Å². The van der Waals surface area contributed by atoms with Crippen molar-refractivity contribution in [3.05, 3.63) is 16.1 Å². The second-order valence-corrected chi connectivity index (χ2v) is 16.2. The summed E-state index contributed by atoms with van der Waals surface area (Å²) in [7, 11) is 1.93. The van der Waals surface area contributed by atoms with Crippen molar-refractivity contribution >= 4 is 59.7 Å². The number of carbonyl (C=O) groups is 6. The minimum Gasteiger partial charge on any atom is -0.447 e. The third-order valence-corrected chi connectivity index (χ3v) is 10.7. The van der Waals surface area contributed by atoms with Gasteiger partial charge in [0.05, 0.1) is 11.0 Å². The quantitative estimate of drug-likeness (QED) is 0.0528. The molecule has 2 rings (SSSR count). The van der Waals surface area contributed by atoms with Crippen molar-refractivity contribution in [2.45, 2.75) is 118 Å². The Morgan fingerprint density at radius 1 is 1.04 bits per heavy atom. The Morgan fingerprint density at radius 3 is 2.39 bits per heavy atom. The lowest BCUT2D eigenvalue weighted by Gasteiger charge is -2.39. The van der Waals surface area contributed by atoms with E-state index < -0.39 is 29.9 Å². The molecular formula is C37H63N7O8S2. The number of likely N-dealkylation sites (tertiary alicyclic amines) is 1. The molecule has 5 amide bonds. The first-order valence-corrected chi connectivity index (χ1v) is 20.6. The lowest BCUT2D eigenvalue weighted by atomic mass is 9.93. The van der Waals surface area contributed by atoms with Crippen molar-refractivity contribution < 1.29 is 38.2 Å². The van der Waals surface area contributed by atoms with Gasteiger partial charge in [0.1, 0.15) is 18.3 Å². The average Bonchev–Trinajstić information content (AvgIpc) is 3.61. The Labute approximate surface area is 330 Å². The van der Waals surface area contributed by atoms with Crippen LogP contribution in [0.2, 0.25) is 0 Å². The van der Waals surface area contributed by atoms with E-state index in [0.29, 0.717) is 36.4 Å². The molecule has 1 saturated heterocycles. The van der Waals surface area contributed by atoms with E-state index in [-0.39, 0.29) is 79.6 Å². The molecule has 1 aromatic heterocycles. The number of aryl methyl sites for hydroxylation is 1. The highest BCUT2D eigenvalue weighted by Gasteiger charge is 2.37. The molecule has 2 heterocycles. The molecule has 1 fully saturated rings. The van der Waals surface area contributed by atoms with Crippen LogP contribution in [-0.2, 0) is 35.1 Å². The van der Waals surface area contributed by atoms with Crippen molar-refractivity contribution in [3.63, 3.8) is 0 Å². The molecule has 0 bridgehead atoms. The molecule has 1 aliphatic heterocycles. The van der Waals surface area contributed by atoms with Crippen LogP contribution in [0.3, 0.4) is 0 Å². The first kappa shape index (κ1) is 46.7. The molecule has 0 radical (unpaired) electrons. The van der Waals surface area contributed by atoms with E-state index in [1.807, 2.05) is 53.5 Å². The number of carbonyl (C=O) groups excluding carboxylic acids is 6. The number of nitrogens with zero attached hydrogens (tertiary/aromatic N) is 3. The lowest BCUT2D eigenvalue weighted by Crippen LogP contribution is -2.59. The number of rotatable bonds is 21. The number of thiazole rings is 1. The highest BCUT2D eigenvalue weighted by atomic mass is 32.1. The Morgan fingerprint density at radius 2 is 1.76 bits per heavy atom. The monoisotopic (exact) mass is 797 g/mol. The predicted molar refractivity (Wildman–Crippen MR) is 211 cm³/mol. The average molecular weight is 798 g/mol. The van der Waals surface area contributed by atoms with E-state index in [2.05, 4.69) is 39.1 Å². The largest absolute Gasteiger partial charge is 0.447 e. The van der Waals surface area contributed by atoms with Crippen LogP contribution in [0.15, 0.2) is 5.38 Å². The van der Waals surface area contributed by atoms with Gasteiger partial charge in [-0.15, -0.1) is 11.3 Å². The summed E-state index contributed by atoms with van der Waals surface area (Å²) in [5, 5.41) is 8.23. The molecule has 54 heavy (non-hydrogen) atoms. The third-order valence-electron chi connectivity index (χ3n) is 9.60. The van der Waals surface area contributed by atoms with Gasteiger partial charge in [0.15, 0.2) is 6.73 Å². The molecule has 0 saturated carbocycles. The van der Waals surface area contributed by atoms with Crippen LogP contribution >= 0.6 is 24.0 Å². The Hall–Kier alpha value is -3.44. The van der Waals surface area contributed by atoms with Gasteiger partial charge in [-0.3, -0.25) is 34.3 Å². The molecule has 0 aromatic carbocycles. The van der Waals surface area contributed by atoms with Crippen molar-refractivity contribution in [2.24, 2.45) is 23.7 Å². The minimum atomic E-state index is -0.803. The van der Waals surface area contributed by atoms with E-state index in [1.54, 1.807) is 17.2 Å². The molecule has 0 aliphatic carbocycles. The summed E-state index contributed by atoms with van der Waals surface area (Å²) in [5.74, 6) is -1.95. The van der Waals surface area contributed by atoms with Crippen molar-refractivity contribution in [3.8, 4) is 0 Å². The SMILES string of the molecule is CCC(C)C(NC(=O)C1CCCCN1C)C(=O)N(COC(=O)CC(C)C)C(CCc1nc(C(=O)NCCC(C)C(=O)NNC(=O)OCCS)cs1)C(C)C. The molecule has 306 valence electrons. The molecule has 1 aliphatic rings. The normalized spacial score (nSPS) is 16.8. The number of hydrazine groups is 1. The van der Waals surface area contributed by atoms with Crippen LogP contribution in [0.4, 0.5) is 4.79 Å². The molecule has 4 N–H and O–H groups in total. The fourth-order valence-electron chi connectivity index (χ4n) is 6.06. The lowest BCUT2D eigenvalue weighted by molar-refractivity contribution is -0.159. The number of esters is 1. The fraction of sp³-hybridized carbons (Fsp3) is 0.757. The minimum absolute atomic E-state index is 0.0358. The predicted octanol–water partition coefficient (Wildman–Crippen LogP) is 3.93. The standard InChI is InChI=1S/C37H63N7O8S2/c1-9-25(6)32(40-35(48)29-12-10-11-17-43(29)8)36(49)44(22-52-31(45)20-23(2)3)28(24(4)5)13-14-30-39-27(21-54-30)34(47)38-16-15-26(7)33(46)41-42-37(50)51-18-19-53/h21,23-26,28-29,32,53H,9-20,22H2,1-8H3,(H,38,47)(H,40,48)(H,41,46)(H,42,50). The van der Waals surface area contributed by atoms with E-state index in [9.17, 15) is 28.8 Å². The van der Waals surface area contributed by atoms with Crippen molar-refractivity contribution in [1.29, 1.82) is 0 Å². The smallest absolute Gasteiger partial charge is 0.426 e. The summed E-state index contributed by atoms with van der Waals surface area (Å²) in [5.41, 5.74) is 4.69. The van der Waals surface area contributed by atoms with Crippen LogP contribution < -0.4 is 21.5 Å². The topological polar surface area (TPSA) is 188 Å². The summed E-state index contributed by atoms with van der Waals surface area (Å²) < 4.78 is 10.5. The van der Waals surface area contributed by atoms with Crippen molar-refractivity contribution in [1.82, 2.24) is 36.3 Å². The van der Waals surface area contributed by atoms with Gasteiger partial charge in [-0.05, 0) is 57.0 Å². The van der Waals surface area contributed by atoms with Crippen LogP contribution in [0.5, 0.6) is 0 Å². The maximum atomic E-state index is 14.5. The maximum absolute atomic E-state index is 14.5. The van der Waals surface area contributed by atoms with E-state index in [1.165, 1.54) is 11.3 Å². The number of amides is 5. The molecule has 0 spiro atoms. The molecule has 15 nitrogen and oxygen atoms in total. The highest BCUT2D eigenvalue weighted by molar-refractivity contribution is 7.80. The molecular weight excluding hydrogens is 735 g/mol. The van der Waals surface area contributed by atoms with Crippen LogP contribution in [0, 0.1) is 23.7 Å². The number of thiol groups is 1. The van der Waals surface area contributed by atoms with E-state index in [4.69, 9.17) is 9.47 Å². The van der Waals surface area contributed by atoms with Crippen LogP contribution in [0.1, 0.15) is 109 Å². The van der Waals surface area contributed by atoms with Gasteiger partial charge in [0, 0.05) is 42.5 Å². The molecule has 1 aromatic rings. The molecule has 5 atom stereocenters. The number of hydrogen-bond donors (Lipinski definition) is 5. The summed E-state index contributed by atoms with van der Waals surface area (Å²) in [4.78, 5) is 85.6. The number of ether oxygens (including phenoxy) is 2. The Bertz CT molecular complexity index is 1380. The fourth-order valence-corrected chi connectivity index (χ4v) is 6.94. The number of hydrogen-bond acceptors (Lipinski definition) is 12. The Balaban J connectivity index is 2.13. The summed E-state index contributed by atoms with van der Waals surface area (Å²) >= 11 is 5.28. The number of nitrogens with one attached hydrogen (secondary N) is 4. The second kappa shape index (κ2) is 24.2. The highest BCUT2D eigenvalue weighted by Crippen LogP contribution is 2.24. The van der Waals surface area contributed by atoms with Gasteiger partial charge in [-0.1, -0.05) is 61.3 Å². The van der Waals surface area contributed by atoms with Gasteiger partial charge < -0.3 is 25.0 Å². The Kier molecular flexibility index (Phi) is 20.9. The number of aromatic nitrogens is 1. The van der Waals surface area contributed by atoms with Gasteiger partial charge >= 0.3 is 12.1 Å². The zero-order chi connectivity index (χ0) is 40.4. The third kappa shape index (κ3) is 15.7. The summed E-state index contributed by atoms with van der Waals surface area (Å²) in [6.45, 7) is 14.3. The van der Waals surface area contributed by atoms with Crippen LogP contribution in [0.25, 0.3) is 0 Å². The van der Waals surface area contributed by atoms with E-state index in [0.717, 1.165) is 25.8 Å². The van der Waals surface area contributed by atoms with Gasteiger partial charge in [-0.25, -0.2) is 15.2 Å². The maximum Gasteiger partial charge on any atom is 0.426 e. The summed E-state index contributed by atoms with van der Waals surface area (Å²) in [6, 6.07) is -1.47. The second-order valence-electron chi connectivity index (χ2n) is 14.8. The number of piperidine rings is 1. The molecule has 5 unspecified atom stereocenters. The zero-order valence-corrected chi connectivity index (χ0v) is 35.0. The van der Waals surface area contributed by atoms with Gasteiger partial charge in [0.25, 0.3) is 5.91 Å². The first-order chi connectivity index (χ1) is 25.6. The zero-order valence-electron chi connectivity index (χ0n) is 33.3. The van der Waals surface area contributed by atoms with Gasteiger partial charge in [-0.2, -0.15) is 12.6 Å².